The van der Waals surface area contributed by atoms with E-state index in [1.165, 1.54) is 0 Å². The molecule has 0 aliphatic carbocycles. The highest BCUT2D eigenvalue weighted by Gasteiger charge is 2.08. The number of rotatable bonds is 10. The average Bonchev–Trinajstić information content (AvgIpc) is 2.77. The van der Waals surface area contributed by atoms with Gasteiger partial charge in [0, 0.05) is 5.69 Å². The minimum Gasteiger partial charge on any atom is -0.489 e. The van der Waals surface area contributed by atoms with E-state index < -0.39 is 0 Å². The van der Waals surface area contributed by atoms with Crippen LogP contribution in [-0.2, 0) is 11.4 Å². The van der Waals surface area contributed by atoms with Crippen LogP contribution in [0.5, 0.6) is 11.5 Å². The summed E-state index contributed by atoms with van der Waals surface area (Å²) in [5.74, 6) is 1.24. The van der Waals surface area contributed by atoms with Crippen molar-refractivity contribution in [3.8, 4) is 11.5 Å². The molecule has 3 aromatic carbocycles. The van der Waals surface area contributed by atoms with Gasteiger partial charge < -0.3 is 20.1 Å². The number of benzene rings is 3. The summed E-state index contributed by atoms with van der Waals surface area (Å²) in [5.41, 5.74) is 3.50. The van der Waals surface area contributed by atoms with Gasteiger partial charge in [-0.1, -0.05) is 49.0 Å². The first-order valence-corrected chi connectivity index (χ1v) is 9.77. The maximum Gasteiger partial charge on any atom is 0.243 e. The van der Waals surface area contributed by atoms with Gasteiger partial charge in [-0.3, -0.25) is 4.79 Å². The van der Waals surface area contributed by atoms with Gasteiger partial charge >= 0.3 is 0 Å². The zero-order valence-corrected chi connectivity index (χ0v) is 17.1. The fourth-order valence-corrected chi connectivity index (χ4v) is 2.68. The van der Waals surface area contributed by atoms with Crippen molar-refractivity contribution < 1.29 is 14.3 Å². The highest BCUT2D eigenvalue weighted by molar-refractivity contribution is 5.95. The molecular formula is C25H26N2O3. The lowest BCUT2D eigenvalue weighted by atomic mass is 10.2. The third kappa shape index (κ3) is 6.71. The molecule has 0 aliphatic rings. The molecule has 0 heterocycles. The Labute approximate surface area is 177 Å². The molecule has 0 unspecified atom stereocenters. The smallest absolute Gasteiger partial charge is 0.243 e. The lowest BCUT2D eigenvalue weighted by Gasteiger charge is -2.13. The van der Waals surface area contributed by atoms with E-state index in [9.17, 15) is 4.79 Å². The van der Waals surface area contributed by atoms with Crippen LogP contribution in [0.15, 0.2) is 91.0 Å². The lowest BCUT2D eigenvalue weighted by Crippen LogP contribution is -2.22. The third-order valence-electron chi connectivity index (χ3n) is 4.19. The molecule has 3 rings (SSSR count). The number of carbonyl (C=O) groups excluding carboxylic acids is 1. The lowest BCUT2D eigenvalue weighted by molar-refractivity contribution is -0.114. The summed E-state index contributed by atoms with van der Waals surface area (Å²) in [4.78, 5) is 12.4. The summed E-state index contributed by atoms with van der Waals surface area (Å²) in [6.07, 6.45) is 0. The summed E-state index contributed by atoms with van der Waals surface area (Å²) < 4.78 is 11.5. The van der Waals surface area contributed by atoms with Crippen LogP contribution in [0.1, 0.15) is 12.5 Å². The summed E-state index contributed by atoms with van der Waals surface area (Å²) in [5, 5.41) is 6.01. The quantitative estimate of drug-likeness (QED) is 0.454. The topological polar surface area (TPSA) is 59.6 Å². The molecule has 30 heavy (non-hydrogen) atoms. The molecule has 0 spiro atoms. The van der Waals surface area contributed by atoms with Crippen molar-refractivity contribution in [3.63, 3.8) is 0 Å². The van der Waals surface area contributed by atoms with Crippen LogP contribution in [0, 0.1) is 0 Å². The number of hydrogen-bond donors (Lipinski definition) is 2. The van der Waals surface area contributed by atoms with Gasteiger partial charge in [0.05, 0.1) is 12.2 Å². The number of para-hydroxylation sites is 2. The molecule has 5 nitrogen and oxygen atoms in total. The van der Waals surface area contributed by atoms with Crippen molar-refractivity contribution in [1.82, 2.24) is 0 Å². The van der Waals surface area contributed by atoms with Crippen LogP contribution in [-0.4, -0.2) is 19.1 Å². The Morgan fingerprint density at radius 2 is 1.60 bits per heavy atom. The molecule has 0 fully saturated rings. The van der Waals surface area contributed by atoms with Crippen molar-refractivity contribution in [1.29, 1.82) is 0 Å². The Balaban J connectivity index is 1.50. The van der Waals surface area contributed by atoms with Crippen LogP contribution < -0.4 is 20.1 Å². The molecule has 3 aromatic rings. The fraction of sp³-hybridized carbons (Fsp3) is 0.160. The summed E-state index contributed by atoms with van der Waals surface area (Å²) in [6, 6.07) is 24.8. The van der Waals surface area contributed by atoms with Gasteiger partial charge in [-0.15, -0.1) is 0 Å². The van der Waals surface area contributed by atoms with Gasteiger partial charge in [-0.25, -0.2) is 0 Å². The molecule has 2 N–H and O–H groups in total. The van der Waals surface area contributed by atoms with Crippen LogP contribution in [0.3, 0.4) is 0 Å². The predicted molar refractivity (Wildman–Crippen MR) is 121 cm³/mol. The molecule has 154 valence electrons. The molecule has 1 amide bonds. The summed E-state index contributed by atoms with van der Waals surface area (Å²) in [6.45, 7) is 6.79. The number of nitrogens with one attached hydrogen (secondary N) is 2. The molecule has 0 radical (unpaired) electrons. The van der Waals surface area contributed by atoms with E-state index in [4.69, 9.17) is 9.47 Å². The number of amides is 1. The number of anilines is 2. The Hall–Kier alpha value is -3.73. The van der Waals surface area contributed by atoms with Crippen molar-refractivity contribution in [2.45, 2.75) is 13.5 Å². The summed E-state index contributed by atoms with van der Waals surface area (Å²) in [7, 11) is 0. The molecule has 0 saturated carbocycles. The van der Waals surface area contributed by atoms with Crippen LogP contribution in [0.25, 0.3) is 0 Å². The van der Waals surface area contributed by atoms with Crippen molar-refractivity contribution >= 4 is 17.3 Å². The zero-order valence-electron chi connectivity index (χ0n) is 17.1. The second kappa shape index (κ2) is 10.7. The first kappa shape index (κ1) is 21.0. The van der Waals surface area contributed by atoms with Gasteiger partial charge in [0.1, 0.15) is 24.7 Å². The van der Waals surface area contributed by atoms with Crippen molar-refractivity contribution in [2.24, 2.45) is 0 Å². The van der Waals surface area contributed by atoms with E-state index in [-0.39, 0.29) is 12.5 Å². The zero-order chi connectivity index (χ0) is 21.2. The molecule has 0 aromatic heterocycles. The Morgan fingerprint density at radius 1 is 0.900 bits per heavy atom. The maximum absolute atomic E-state index is 12.4. The standard InChI is InChI=1S/C25H26N2O3/c1-19(2)17-29-22-14-12-21(13-15-22)26-16-25(28)27-23-10-6-7-11-24(23)30-18-20-8-4-3-5-9-20/h3-15,26H,1,16-18H2,2H3,(H,27,28). The van der Waals surface area contributed by atoms with E-state index in [0.717, 1.165) is 22.6 Å². The largest absolute Gasteiger partial charge is 0.489 e. The molecule has 5 heteroatoms. The number of carbonyl (C=O) groups is 1. The minimum atomic E-state index is -0.159. The van der Waals surface area contributed by atoms with E-state index in [1.54, 1.807) is 0 Å². The highest BCUT2D eigenvalue weighted by Crippen LogP contribution is 2.25. The van der Waals surface area contributed by atoms with Crippen LogP contribution in [0.4, 0.5) is 11.4 Å². The first-order valence-electron chi connectivity index (χ1n) is 9.77. The average molecular weight is 402 g/mol. The van der Waals surface area contributed by atoms with Gasteiger partial charge in [0.2, 0.25) is 5.91 Å². The van der Waals surface area contributed by atoms with Gasteiger partial charge in [-0.2, -0.15) is 0 Å². The number of ether oxygens (including phenoxy) is 2. The minimum absolute atomic E-state index is 0.138. The van der Waals surface area contributed by atoms with Crippen LogP contribution >= 0.6 is 0 Å². The van der Waals surface area contributed by atoms with E-state index >= 15 is 0 Å². The molecule has 0 aliphatic heterocycles. The second-order valence-corrected chi connectivity index (χ2v) is 6.94. The van der Waals surface area contributed by atoms with Gasteiger partial charge in [0.25, 0.3) is 0 Å². The van der Waals surface area contributed by atoms with E-state index in [2.05, 4.69) is 17.2 Å². The summed E-state index contributed by atoms with van der Waals surface area (Å²) >= 11 is 0. The Kier molecular flexibility index (Phi) is 7.50. The first-order chi connectivity index (χ1) is 14.6. The van der Waals surface area contributed by atoms with E-state index in [1.807, 2.05) is 85.8 Å². The fourth-order valence-electron chi connectivity index (χ4n) is 2.68. The Bertz CT molecular complexity index is 969. The molecule has 0 saturated heterocycles. The van der Waals surface area contributed by atoms with Gasteiger partial charge in [0.15, 0.2) is 0 Å². The molecular weight excluding hydrogens is 376 g/mol. The van der Waals surface area contributed by atoms with Crippen molar-refractivity contribution in [3.05, 3.63) is 96.6 Å². The van der Waals surface area contributed by atoms with Crippen LogP contribution in [0.2, 0.25) is 0 Å². The highest BCUT2D eigenvalue weighted by atomic mass is 16.5. The normalized spacial score (nSPS) is 10.2. The number of hydrogen-bond acceptors (Lipinski definition) is 4. The van der Waals surface area contributed by atoms with Gasteiger partial charge in [-0.05, 0) is 54.5 Å². The maximum atomic E-state index is 12.4. The molecule has 0 atom stereocenters. The van der Waals surface area contributed by atoms with E-state index in [0.29, 0.717) is 24.7 Å². The predicted octanol–water partition coefficient (Wildman–Crippen LogP) is 5.27. The molecule has 0 bridgehead atoms. The third-order valence-corrected chi connectivity index (χ3v) is 4.19. The second-order valence-electron chi connectivity index (χ2n) is 6.94. The Morgan fingerprint density at radius 3 is 2.33 bits per heavy atom. The SMILES string of the molecule is C=C(C)COc1ccc(NCC(=O)Nc2ccccc2OCc2ccccc2)cc1. The monoisotopic (exact) mass is 402 g/mol. The van der Waals surface area contributed by atoms with Crippen molar-refractivity contribution in [2.75, 3.05) is 23.8 Å².